The molecule has 3 N–H and O–H groups in total. The molecule has 1 atom stereocenters. The minimum Gasteiger partial charge on any atom is -0.368 e. The first kappa shape index (κ1) is 16.6. The SMILES string of the molecule is C[C@@](c1ccc(-c2cnc(N)nc2)cc1)(c1noc(-c2cn[nH]c2)n1)C1CC1. The van der Waals surface area contributed by atoms with E-state index < -0.39 is 0 Å². The summed E-state index contributed by atoms with van der Waals surface area (Å²) in [5, 5.41) is 11.0. The van der Waals surface area contributed by atoms with Gasteiger partial charge in [-0.2, -0.15) is 10.1 Å². The van der Waals surface area contributed by atoms with Crippen LogP contribution in [0.2, 0.25) is 0 Å². The van der Waals surface area contributed by atoms with Crippen molar-refractivity contribution in [1.29, 1.82) is 0 Å². The van der Waals surface area contributed by atoms with Gasteiger partial charge in [0.15, 0.2) is 5.82 Å². The van der Waals surface area contributed by atoms with E-state index in [1.807, 2.05) is 0 Å². The van der Waals surface area contributed by atoms with E-state index in [2.05, 4.69) is 61.5 Å². The summed E-state index contributed by atoms with van der Waals surface area (Å²) in [5.41, 5.74) is 9.18. The summed E-state index contributed by atoms with van der Waals surface area (Å²) in [7, 11) is 0. The molecule has 0 amide bonds. The molecule has 0 bridgehead atoms. The molecular weight excluding hydrogens is 354 g/mol. The minimum absolute atomic E-state index is 0.271. The quantitative estimate of drug-likeness (QED) is 0.551. The summed E-state index contributed by atoms with van der Waals surface area (Å²) < 4.78 is 5.51. The minimum atomic E-state index is -0.304. The van der Waals surface area contributed by atoms with Crippen molar-refractivity contribution >= 4 is 5.95 Å². The molecule has 8 heteroatoms. The van der Waals surface area contributed by atoms with Crippen LogP contribution in [0.15, 0.2) is 53.6 Å². The number of rotatable bonds is 5. The Balaban J connectivity index is 1.50. The Labute approximate surface area is 161 Å². The van der Waals surface area contributed by atoms with E-state index >= 15 is 0 Å². The lowest BCUT2D eigenvalue weighted by atomic mass is 9.77. The lowest BCUT2D eigenvalue weighted by Crippen LogP contribution is -2.28. The number of anilines is 1. The Bertz CT molecular complexity index is 1080. The second-order valence-electron chi connectivity index (χ2n) is 7.29. The number of aromatic nitrogens is 6. The van der Waals surface area contributed by atoms with Gasteiger partial charge in [-0.3, -0.25) is 5.10 Å². The van der Waals surface area contributed by atoms with E-state index in [9.17, 15) is 0 Å². The Hall–Kier alpha value is -3.55. The number of nitrogen functional groups attached to an aromatic ring is 1. The summed E-state index contributed by atoms with van der Waals surface area (Å²) in [5.74, 6) is 1.95. The third kappa shape index (κ3) is 2.74. The van der Waals surface area contributed by atoms with Gasteiger partial charge in [0, 0.05) is 24.2 Å². The van der Waals surface area contributed by atoms with Gasteiger partial charge in [-0.05, 0) is 36.8 Å². The van der Waals surface area contributed by atoms with Crippen molar-refractivity contribution in [2.24, 2.45) is 5.92 Å². The van der Waals surface area contributed by atoms with Gasteiger partial charge in [0.25, 0.3) is 5.89 Å². The highest BCUT2D eigenvalue weighted by Crippen LogP contribution is 2.50. The number of nitrogens with zero attached hydrogens (tertiary/aromatic N) is 5. The molecule has 4 aromatic rings. The van der Waals surface area contributed by atoms with E-state index in [0.29, 0.717) is 17.6 Å². The van der Waals surface area contributed by atoms with E-state index in [0.717, 1.165) is 35.1 Å². The van der Waals surface area contributed by atoms with Gasteiger partial charge < -0.3 is 10.3 Å². The fourth-order valence-electron chi connectivity index (χ4n) is 3.62. The first-order valence-corrected chi connectivity index (χ1v) is 9.16. The normalized spacial score (nSPS) is 16.0. The van der Waals surface area contributed by atoms with Crippen molar-refractivity contribution in [2.45, 2.75) is 25.2 Å². The molecule has 1 aliphatic rings. The van der Waals surface area contributed by atoms with Crippen LogP contribution in [0.3, 0.4) is 0 Å². The summed E-state index contributed by atoms with van der Waals surface area (Å²) in [6.07, 6.45) is 9.19. The number of aromatic amines is 1. The molecule has 8 nitrogen and oxygen atoms in total. The van der Waals surface area contributed by atoms with Gasteiger partial charge in [0.1, 0.15) is 0 Å². The van der Waals surface area contributed by atoms with Crippen LogP contribution >= 0.6 is 0 Å². The predicted molar refractivity (Wildman–Crippen MR) is 103 cm³/mol. The zero-order chi connectivity index (χ0) is 19.1. The van der Waals surface area contributed by atoms with Gasteiger partial charge in [-0.1, -0.05) is 29.4 Å². The molecule has 1 aliphatic carbocycles. The molecule has 5 rings (SSSR count). The number of nitrogens with two attached hydrogens (primary N) is 1. The average molecular weight is 373 g/mol. The van der Waals surface area contributed by atoms with Crippen molar-refractivity contribution < 1.29 is 4.52 Å². The van der Waals surface area contributed by atoms with Crippen LogP contribution in [0.4, 0.5) is 5.95 Å². The first-order chi connectivity index (χ1) is 13.6. The van der Waals surface area contributed by atoms with E-state index in [4.69, 9.17) is 10.3 Å². The third-order valence-corrected chi connectivity index (χ3v) is 5.52. The van der Waals surface area contributed by atoms with E-state index in [1.165, 1.54) is 0 Å². The van der Waals surface area contributed by atoms with Crippen LogP contribution in [0.1, 0.15) is 31.2 Å². The Morgan fingerprint density at radius 2 is 1.79 bits per heavy atom. The molecule has 1 aromatic carbocycles. The molecule has 0 radical (unpaired) electrons. The first-order valence-electron chi connectivity index (χ1n) is 9.16. The Kier molecular flexibility index (Phi) is 3.71. The van der Waals surface area contributed by atoms with Crippen molar-refractivity contribution in [3.63, 3.8) is 0 Å². The van der Waals surface area contributed by atoms with Crippen molar-refractivity contribution in [1.82, 2.24) is 30.3 Å². The monoisotopic (exact) mass is 373 g/mol. The zero-order valence-electron chi connectivity index (χ0n) is 15.3. The molecule has 28 heavy (non-hydrogen) atoms. The highest BCUT2D eigenvalue weighted by molar-refractivity contribution is 5.63. The molecule has 0 aliphatic heterocycles. The van der Waals surface area contributed by atoms with Crippen LogP contribution in [0.5, 0.6) is 0 Å². The molecule has 1 fully saturated rings. The van der Waals surface area contributed by atoms with Crippen LogP contribution < -0.4 is 5.73 Å². The fourth-order valence-corrected chi connectivity index (χ4v) is 3.62. The second kappa shape index (κ2) is 6.26. The molecular formula is C20H19N7O. The summed E-state index contributed by atoms with van der Waals surface area (Å²) >= 11 is 0. The smallest absolute Gasteiger partial charge is 0.261 e. The highest BCUT2D eigenvalue weighted by atomic mass is 16.5. The Morgan fingerprint density at radius 3 is 2.43 bits per heavy atom. The number of hydrogen-bond donors (Lipinski definition) is 2. The second-order valence-corrected chi connectivity index (χ2v) is 7.29. The van der Waals surface area contributed by atoms with Crippen LogP contribution in [-0.2, 0) is 5.41 Å². The number of nitrogens with one attached hydrogen (secondary N) is 1. The van der Waals surface area contributed by atoms with Crippen molar-refractivity contribution in [3.8, 4) is 22.6 Å². The number of H-pyrrole nitrogens is 1. The fraction of sp³-hybridized carbons (Fsp3) is 0.250. The van der Waals surface area contributed by atoms with Gasteiger partial charge >= 0.3 is 0 Å². The van der Waals surface area contributed by atoms with Crippen LogP contribution in [0.25, 0.3) is 22.6 Å². The topological polar surface area (TPSA) is 119 Å². The maximum Gasteiger partial charge on any atom is 0.261 e. The molecule has 3 aromatic heterocycles. The maximum atomic E-state index is 5.58. The molecule has 3 heterocycles. The van der Waals surface area contributed by atoms with Crippen LogP contribution in [0, 0.1) is 5.92 Å². The molecule has 0 unspecified atom stereocenters. The van der Waals surface area contributed by atoms with Crippen LogP contribution in [-0.4, -0.2) is 30.3 Å². The van der Waals surface area contributed by atoms with Crippen molar-refractivity contribution in [2.75, 3.05) is 5.73 Å². The van der Waals surface area contributed by atoms with Gasteiger partial charge in [-0.15, -0.1) is 0 Å². The maximum absolute atomic E-state index is 5.58. The molecule has 0 spiro atoms. The highest BCUT2D eigenvalue weighted by Gasteiger charge is 2.47. The predicted octanol–water partition coefficient (Wildman–Crippen LogP) is 3.21. The lowest BCUT2D eigenvalue weighted by molar-refractivity contribution is 0.386. The largest absolute Gasteiger partial charge is 0.368 e. The van der Waals surface area contributed by atoms with E-state index in [-0.39, 0.29) is 11.4 Å². The standard InChI is InChI=1S/C20H19N7O/c1-20(16-6-7-16,18-26-17(28-27-18)14-10-24-25-11-14)15-4-2-12(3-5-15)13-8-22-19(21)23-9-13/h2-5,8-11,16H,6-7H2,1H3,(H,24,25)(H2,21,22,23)/t20-/m0/s1. The molecule has 1 saturated carbocycles. The number of benzene rings is 1. The Morgan fingerprint density at radius 1 is 1.04 bits per heavy atom. The summed E-state index contributed by atoms with van der Waals surface area (Å²) in [6.45, 7) is 2.19. The molecule has 140 valence electrons. The molecule has 0 saturated heterocycles. The third-order valence-electron chi connectivity index (χ3n) is 5.52. The summed E-state index contributed by atoms with van der Waals surface area (Å²) in [4.78, 5) is 12.8. The van der Waals surface area contributed by atoms with Gasteiger partial charge in [-0.25, -0.2) is 9.97 Å². The summed E-state index contributed by atoms with van der Waals surface area (Å²) in [6, 6.07) is 8.39. The van der Waals surface area contributed by atoms with E-state index in [1.54, 1.807) is 24.8 Å². The van der Waals surface area contributed by atoms with Gasteiger partial charge in [0.05, 0.1) is 17.2 Å². The number of hydrogen-bond acceptors (Lipinski definition) is 7. The lowest BCUT2D eigenvalue weighted by Gasteiger charge is -2.27. The van der Waals surface area contributed by atoms with Crippen molar-refractivity contribution in [3.05, 3.63) is 60.4 Å². The zero-order valence-corrected chi connectivity index (χ0v) is 15.3. The average Bonchev–Trinajstić information content (AvgIpc) is 3.23. The van der Waals surface area contributed by atoms with Gasteiger partial charge in [0.2, 0.25) is 5.95 Å².